The summed E-state index contributed by atoms with van der Waals surface area (Å²) >= 11 is 0. The van der Waals surface area contributed by atoms with Gasteiger partial charge >= 0.3 is 5.97 Å². The van der Waals surface area contributed by atoms with E-state index in [1.54, 1.807) is 16.8 Å². The Hall–Kier alpha value is -3.16. The van der Waals surface area contributed by atoms with Crippen LogP contribution < -0.4 is 10.2 Å². The van der Waals surface area contributed by atoms with Gasteiger partial charge in [0.25, 0.3) is 0 Å². The van der Waals surface area contributed by atoms with Crippen LogP contribution in [0.2, 0.25) is 0 Å². The quantitative estimate of drug-likeness (QED) is 0.597. The molecule has 7 heteroatoms. The van der Waals surface area contributed by atoms with Crippen molar-refractivity contribution in [2.24, 2.45) is 7.05 Å². The van der Waals surface area contributed by atoms with Crippen molar-refractivity contribution in [2.75, 3.05) is 0 Å². The Bertz CT molecular complexity index is 1070. The van der Waals surface area contributed by atoms with Crippen LogP contribution >= 0.6 is 0 Å². The summed E-state index contributed by atoms with van der Waals surface area (Å²) in [5.41, 5.74) is 5.77. The fourth-order valence-corrected chi connectivity index (χ4v) is 3.55. The van der Waals surface area contributed by atoms with E-state index in [0.717, 1.165) is 22.6 Å². The van der Waals surface area contributed by atoms with Crippen LogP contribution in [0.4, 0.5) is 0 Å². The van der Waals surface area contributed by atoms with Crippen molar-refractivity contribution in [3.05, 3.63) is 77.0 Å². The lowest BCUT2D eigenvalue weighted by atomic mass is 9.93. The van der Waals surface area contributed by atoms with Gasteiger partial charge in [0.2, 0.25) is 5.88 Å². The number of esters is 1. The normalized spacial score (nSPS) is 18.4. The topological polar surface area (TPSA) is 74.6 Å². The third kappa shape index (κ3) is 4.47. The Morgan fingerprint density at radius 3 is 2.35 bits per heavy atom. The smallest absolute Gasteiger partial charge is 0.338 e. The predicted octanol–water partition coefficient (Wildman–Crippen LogP) is 4.79. The molecular formula is C24H27N3O4. The van der Waals surface area contributed by atoms with Crippen molar-refractivity contribution in [3.8, 4) is 11.6 Å². The summed E-state index contributed by atoms with van der Waals surface area (Å²) in [6.07, 6.45) is -0.228. The Labute approximate surface area is 181 Å². The summed E-state index contributed by atoms with van der Waals surface area (Å²) in [6.45, 7) is 7.51. The minimum Gasteiger partial charge on any atom is -0.456 e. The number of ether oxygens (including phenoxy) is 2. The van der Waals surface area contributed by atoms with Gasteiger partial charge in [0.05, 0.1) is 22.9 Å². The van der Waals surface area contributed by atoms with E-state index in [4.69, 9.17) is 14.3 Å². The minimum atomic E-state index is -0.533. The first-order chi connectivity index (χ1) is 14.7. The Morgan fingerprint density at radius 2 is 1.77 bits per heavy atom. The number of rotatable bonds is 5. The average Bonchev–Trinajstić information content (AvgIpc) is 2.95. The number of aromatic nitrogens is 2. The van der Waals surface area contributed by atoms with Gasteiger partial charge in [0, 0.05) is 7.05 Å². The zero-order valence-corrected chi connectivity index (χ0v) is 18.4. The summed E-state index contributed by atoms with van der Waals surface area (Å²) < 4.78 is 13.3. The molecule has 2 heterocycles. The van der Waals surface area contributed by atoms with E-state index >= 15 is 0 Å². The molecule has 7 nitrogen and oxygen atoms in total. The van der Waals surface area contributed by atoms with Crippen molar-refractivity contribution < 1.29 is 19.1 Å². The summed E-state index contributed by atoms with van der Waals surface area (Å²) in [5, 5.41) is 4.54. The lowest BCUT2D eigenvalue weighted by molar-refractivity contribution is -0.176. The van der Waals surface area contributed by atoms with E-state index in [9.17, 15) is 4.79 Å². The third-order valence-electron chi connectivity index (χ3n) is 4.98. The van der Waals surface area contributed by atoms with Crippen molar-refractivity contribution in [3.63, 3.8) is 0 Å². The molecule has 31 heavy (non-hydrogen) atoms. The number of carbonyl (C=O) groups excluding carboxylic acids is 1. The first kappa shape index (κ1) is 21.1. The molecule has 1 fully saturated rings. The van der Waals surface area contributed by atoms with Crippen LogP contribution in [0.25, 0.3) is 0 Å². The van der Waals surface area contributed by atoms with Gasteiger partial charge in [0.1, 0.15) is 17.5 Å². The minimum absolute atomic E-state index is 0.125. The number of hydroxylamine groups is 1. The molecule has 1 saturated heterocycles. The van der Waals surface area contributed by atoms with Gasteiger partial charge in [-0.15, -0.1) is 0 Å². The number of nitrogens with zero attached hydrogens (tertiary/aromatic N) is 2. The standard InChI is InChI=1S/C24H27N3O4/c1-15-19(22(27(5)25-15)29-18-9-7-6-8-10-18)20-21(31-26-20)16-11-13-17(14-12-16)23(28)30-24(2,3)4/h6-14,20-21,26H,1-5H3. The maximum absolute atomic E-state index is 12.3. The zero-order chi connectivity index (χ0) is 22.2. The van der Waals surface area contributed by atoms with E-state index in [1.807, 2.05) is 77.2 Å². The Morgan fingerprint density at radius 1 is 1.10 bits per heavy atom. The van der Waals surface area contributed by atoms with E-state index in [1.165, 1.54) is 0 Å². The number of aryl methyl sites for hydroxylation is 2. The molecule has 0 saturated carbocycles. The molecule has 2 aromatic carbocycles. The highest BCUT2D eigenvalue weighted by Crippen LogP contribution is 2.44. The third-order valence-corrected chi connectivity index (χ3v) is 4.98. The van der Waals surface area contributed by atoms with Crippen LogP contribution in [0, 0.1) is 6.92 Å². The number of carbonyl (C=O) groups is 1. The van der Waals surface area contributed by atoms with E-state index < -0.39 is 5.60 Å². The van der Waals surface area contributed by atoms with Crippen molar-refractivity contribution in [1.82, 2.24) is 15.3 Å². The van der Waals surface area contributed by atoms with E-state index in [-0.39, 0.29) is 18.1 Å². The van der Waals surface area contributed by atoms with Gasteiger partial charge < -0.3 is 9.47 Å². The number of para-hydroxylation sites is 1. The lowest BCUT2D eigenvalue weighted by Gasteiger charge is -2.37. The molecule has 162 valence electrons. The molecule has 0 radical (unpaired) electrons. The second kappa shape index (κ2) is 8.17. The van der Waals surface area contributed by atoms with Crippen molar-refractivity contribution in [2.45, 2.75) is 45.4 Å². The van der Waals surface area contributed by atoms with Crippen LogP contribution in [-0.4, -0.2) is 21.4 Å². The first-order valence-corrected chi connectivity index (χ1v) is 10.2. The maximum atomic E-state index is 12.3. The second-order valence-corrected chi connectivity index (χ2v) is 8.60. The van der Waals surface area contributed by atoms with E-state index in [2.05, 4.69) is 10.6 Å². The van der Waals surface area contributed by atoms with Gasteiger partial charge in [-0.2, -0.15) is 10.6 Å². The molecule has 0 aliphatic carbocycles. The Balaban J connectivity index is 1.56. The van der Waals surface area contributed by atoms with Gasteiger partial charge in [-0.05, 0) is 57.5 Å². The number of hydrogen-bond donors (Lipinski definition) is 1. The molecule has 0 bridgehead atoms. The van der Waals surface area contributed by atoms with Crippen molar-refractivity contribution in [1.29, 1.82) is 0 Å². The number of benzene rings is 2. The van der Waals surface area contributed by atoms with Gasteiger partial charge in [-0.1, -0.05) is 30.3 Å². The molecule has 1 N–H and O–H groups in total. The monoisotopic (exact) mass is 421 g/mol. The number of hydrogen-bond acceptors (Lipinski definition) is 6. The molecule has 1 aliphatic heterocycles. The molecular weight excluding hydrogens is 394 g/mol. The fraction of sp³-hybridized carbons (Fsp3) is 0.333. The zero-order valence-electron chi connectivity index (χ0n) is 18.4. The summed E-state index contributed by atoms with van der Waals surface area (Å²) in [6, 6.07) is 16.8. The fourth-order valence-electron chi connectivity index (χ4n) is 3.55. The molecule has 1 aliphatic rings. The molecule has 1 aromatic heterocycles. The van der Waals surface area contributed by atoms with E-state index in [0.29, 0.717) is 11.4 Å². The largest absolute Gasteiger partial charge is 0.456 e. The predicted molar refractivity (Wildman–Crippen MR) is 116 cm³/mol. The molecule has 2 atom stereocenters. The lowest BCUT2D eigenvalue weighted by Crippen LogP contribution is -2.41. The average molecular weight is 421 g/mol. The van der Waals surface area contributed by atoms with Crippen LogP contribution in [-0.2, 0) is 16.6 Å². The maximum Gasteiger partial charge on any atom is 0.338 e. The highest BCUT2D eigenvalue weighted by atomic mass is 16.7. The van der Waals surface area contributed by atoms with Gasteiger partial charge in [0.15, 0.2) is 0 Å². The molecule has 2 unspecified atom stereocenters. The van der Waals surface area contributed by atoms with Crippen LogP contribution in [0.15, 0.2) is 54.6 Å². The highest BCUT2D eigenvalue weighted by molar-refractivity contribution is 5.89. The van der Waals surface area contributed by atoms with Gasteiger partial charge in [-0.25, -0.2) is 9.48 Å². The van der Waals surface area contributed by atoms with Crippen LogP contribution in [0.3, 0.4) is 0 Å². The highest BCUT2D eigenvalue weighted by Gasteiger charge is 2.40. The van der Waals surface area contributed by atoms with Crippen LogP contribution in [0.1, 0.15) is 60.1 Å². The summed E-state index contributed by atoms with van der Waals surface area (Å²) in [5.74, 6) is 1.06. The van der Waals surface area contributed by atoms with Crippen molar-refractivity contribution >= 4 is 5.97 Å². The Kier molecular flexibility index (Phi) is 5.56. The summed E-state index contributed by atoms with van der Waals surface area (Å²) in [7, 11) is 1.86. The SMILES string of the molecule is Cc1nn(C)c(Oc2ccccc2)c1C1NOC1c1ccc(C(=O)OC(C)(C)C)cc1. The number of nitrogens with one attached hydrogen (secondary N) is 1. The molecule has 0 amide bonds. The first-order valence-electron chi connectivity index (χ1n) is 10.2. The second-order valence-electron chi connectivity index (χ2n) is 8.60. The molecule has 0 spiro atoms. The van der Waals surface area contributed by atoms with Gasteiger partial charge in [-0.3, -0.25) is 4.84 Å². The summed E-state index contributed by atoms with van der Waals surface area (Å²) in [4.78, 5) is 18.0. The molecule has 4 rings (SSSR count). The van der Waals surface area contributed by atoms with Crippen LogP contribution in [0.5, 0.6) is 11.6 Å². The molecule has 3 aromatic rings.